The topological polar surface area (TPSA) is 26.0 Å². The van der Waals surface area contributed by atoms with Crippen molar-refractivity contribution in [1.82, 2.24) is 0 Å². The van der Waals surface area contributed by atoms with Crippen LogP contribution in [0.4, 0.5) is 0 Å². The average Bonchev–Trinajstić information content (AvgIpc) is 2.15. The molecule has 0 aromatic rings. The van der Waals surface area contributed by atoms with Crippen LogP contribution < -0.4 is 5.73 Å². The average molecular weight is 171 g/mol. The summed E-state index contributed by atoms with van der Waals surface area (Å²) in [5, 5.41) is 0. The van der Waals surface area contributed by atoms with Crippen molar-refractivity contribution in [3.63, 3.8) is 0 Å². The molecule has 0 radical (unpaired) electrons. The lowest BCUT2D eigenvalue weighted by molar-refractivity contribution is 0.0629. The minimum absolute atomic E-state index is 0.316. The summed E-state index contributed by atoms with van der Waals surface area (Å²) in [6.45, 7) is 12.3. The third-order valence-corrected chi connectivity index (χ3v) is 4.25. The lowest BCUT2D eigenvalue weighted by atomic mass is 9.61. The molecule has 12 heavy (non-hydrogen) atoms. The molecular formula is C11H25N. The fraction of sp³-hybridized carbons (Fsp3) is 1.00. The van der Waals surface area contributed by atoms with Gasteiger partial charge in [0.2, 0.25) is 0 Å². The van der Waals surface area contributed by atoms with E-state index in [0.717, 1.165) is 6.54 Å². The third-order valence-electron chi connectivity index (χ3n) is 4.25. The van der Waals surface area contributed by atoms with Gasteiger partial charge in [0.15, 0.2) is 0 Å². The molecule has 0 aliphatic carbocycles. The van der Waals surface area contributed by atoms with Crippen LogP contribution in [-0.4, -0.2) is 6.54 Å². The summed E-state index contributed by atoms with van der Waals surface area (Å²) < 4.78 is 0. The summed E-state index contributed by atoms with van der Waals surface area (Å²) in [6.07, 6.45) is 3.64. The van der Waals surface area contributed by atoms with Gasteiger partial charge in [0.25, 0.3) is 0 Å². The molecule has 1 unspecified atom stereocenters. The molecule has 1 nitrogen and oxygen atoms in total. The number of hydrogen-bond acceptors (Lipinski definition) is 1. The van der Waals surface area contributed by atoms with E-state index in [4.69, 9.17) is 5.73 Å². The first-order valence-corrected chi connectivity index (χ1v) is 5.19. The Morgan fingerprint density at radius 1 is 0.833 bits per heavy atom. The second-order valence-corrected chi connectivity index (χ2v) is 4.39. The van der Waals surface area contributed by atoms with E-state index in [0.29, 0.717) is 10.8 Å². The number of nitrogens with two attached hydrogens (primary N) is 1. The molecular weight excluding hydrogens is 146 g/mol. The molecule has 0 aliphatic rings. The molecule has 0 bridgehead atoms. The molecule has 0 aliphatic heterocycles. The van der Waals surface area contributed by atoms with E-state index >= 15 is 0 Å². The minimum atomic E-state index is 0.316. The zero-order chi connectivity index (χ0) is 9.83. The van der Waals surface area contributed by atoms with Gasteiger partial charge in [-0.25, -0.2) is 0 Å². The first-order valence-electron chi connectivity index (χ1n) is 5.19. The third kappa shape index (κ3) is 1.82. The maximum Gasteiger partial charge on any atom is -0.00181 e. The fourth-order valence-corrected chi connectivity index (χ4v) is 1.92. The zero-order valence-corrected chi connectivity index (χ0v) is 9.41. The molecule has 0 rings (SSSR count). The summed E-state index contributed by atoms with van der Waals surface area (Å²) in [6, 6.07) is 0. The van der Waals surface area contributed by atoms with Gasteiger partial charge >= 0.3 is 0 Å². The van der Waals surface area contributed by atoms with Crippen molar-refractivity contribution in [3.8, 4) is 0 Å². The van der Waals surface area contributed by atoms with Crippen LogP contribution >= 0.6 is 0 Å². The van der Waals surface area contributed by atoms with Gasteiger partial charge in [-0.3, -0.25) is 0 Å². The van der Waals surface area contributed by atoms with E-state index in [1.165, 1.54) is 19.3 Å². The molecule has 0 saturated carbocycles. The van der Waals surface area contributed by atoms with Crippen LogP contribution in [0.2, 0.25) is 0 Å². The zero-order valence-electron chi connectivity index (χ0n) is 9.41. The van der Waals surface area contributed by atoms with Gasteiger partial charge in [-0.15, -0.1) is 0 Å². The van der Waals surface area contributed by atoms with Crippen LogP contribution in [-0.2, 0) is 0 Å². The molecule has 0 aromatic heterocycles. The summed E-state index contributed by atoms with van der Waals surface area (Å²) in [5.41, 5.74) is 6.58. The lowest BCUT2D eigenvalue weighted by Crippen LogP contribution is -2.42. The molecule has 1 atom stereocenters. The van der Waals surface area contributed by atoms with Crippen molar-refractivity contribution < 1.29 is 0 Å². The summed E-state index contributed by atoms with van der Waals surface area (Å²) in [5.74, 6) is 0. The summed E-state index contributed by atoms with van der Waals surface area (Å²) >= 11 is 0. The second kappa shape index (κ2) is 4.27. The molecule has 0 aromatic carbocycles. The predicted octanol–water partition coefficient (Wildman–Crippen LogP) is 3.19. The van der Waals surface area contributed by atoms with Gasteiger partial charge in [-0.05, 0) is 23.8 Å². The van der Waals surface area contributed by atoms with E-state index in [2.05, 4.69) is 34.6 Å². The molecule has 1 heteroatoms. The molecule has 2 N–H and O–H groups in total. The Balaban J connectivity index is 4.66. The first kappa shape index (κ1) is 12.0. The van der Waals surface area contributed by atoms with Gasteiger partial charge in [0.05, 0.1) is 0 Å². The van der Waals surface area contributed by atoms with Crippen LogP contribution in [0.5, 0.6) is 0 Å². The number of hydrogen-bond donors (Lipinski definition) is 1. The quantitative estimate of drug-likeness (QED) is 0.675. The monoisotopic (exact) mass is 171 g/mol. The van der Waals surface area contributed by atoms with E-state index in [9.17, 15) is 0 Å². The fourth-order valence-electron chi connectivity index (χ4n) is 1.92. The highest BCUT2D eigenvalue weighted by molar-refractivity contribution is 4.90. The van der Waals surface area contributed by atoms with Crippen LogP contribution in [0, 0.1) is 10.8 Å². The Morgan fingerprint density at radius 3 is 1.25 bits per heavy atom. The van der Waals surface area contributed by atoms with E-state index in [-0.39, 0.29) is 0 Å². The Bertz CT molecular complexity index is 105. The van der Waals surface area contributed by atoms with E-state index in [1.54, 1.807) is 0 Å². The van der Waals surface area contributed by atoms with Gasteiger partial charge < -0.3 is 5.73 Å². The van der Waals surface area contributed by atoms with Crippen molar-refractivity contribution in [2.24, 2.45) is 16.6 Å². The van der Waals surface area contributed by atoms with Crippen LogP contribution in [0.1, 0.15) is 53.9 Å². The molecule has 0 amide bonds. The van der Waals surface area contributed by atoms with Crippen LogP contribution in [0.15, 0.2) is 0 Å². The van der Waals surface area contributed by atoms with Gasteiger partial charge in [0, 0.05) is 0 Å². The maximum atomic E-state index is 5.85. The van der Waals surface area contributed by atoms with E-state index in [1.807, 2.05) is 0 Å². The van der Waals surface area contributed by atoms with Gasteiger partial charge in [0.1, 0.15) is 0 Å². The Morgan fingerprint density at radius 2 is 1.17 bits per heavy atom. The van der Waals surface area contributed by atoms with Crippen LogP contribution in [0.25, 0.3) is 0 Å². The van der Waals surface area contributed by atoms with Gasteiger partial charge in [-0.2, -0.15) is 0 Å². The van der Waals surface area contributed by atoms with Crippen LogP contribution in [0.3, 0.4) is 0 Å². The largest absolute Gasteiger partial charge is 0.330 e. The molecule has 0 heterocycles. The maximum absolute atomic E-state index is 5.85. The van der Waals surface area contributed by atoms with Crippen molar-refractivity contribution in [2.45, 2.75) is 53.9 Å². The molecule has 74 valence electrons. The summed E-state index contributed by atoms with van der Waals surface area (Å²) in [7, 11) is 0. The standard InChI is InChI=1S/C11H25N/c1-6-10(4,7-2)11(5,8-3)9-12/h6-9,12H2,1-5H3. The molecule has 0 spiro atoms. The summed E-state index contributed by atoms with van der Waals surface area (Å²) in [4.78, 5) is 0. The van der Waals surface area contributed by atoms with E-state index < -0.39 is 0 Å². The van der Waals surface area contributed by atoms with Crippen molar-refractivity contribution in [3.05, 3.63) is 0 Å². The minimum Gasteiger partial charge on any atom is -0.330 e. The Labute approximate surface area is 77.7 Å². The lowest BCUT2D eigenvalue weighted by Gasteiger charge is -2.45. The SMILES string of the molecule is CCC(C)(CC)C(C)(CC)CN. The normalized spacial score (nSPS) is 17.5. The van der Waals surface area contributed by atoms with Crippen molar-refractivity contribution in [2.75, 3.05) is 6.54 Å². The second-order valence-electron chi connectivity index (χ2n) is 4.39. The Hall–Kier alpha value is -0.0400. The number of rotatable bonds is 5. The highest BCUT2D eigenvalue weighted by Gasteiger charge is 2.39. The predicted molar refractivity (Wildman–Crippen MR) is 56.1 cm³/mol. The first-order chi connectivity index (χ1) is 5.49. The molecule has 0 saturated heterocycles. The molecule has 0 fully saturated rings. The highest BCUT2D eigenvalue weighted by atomic mass is 14.6. The van der Waals surface area contributed by atoms with Crippen molar-refractivity contribution >= 4 is 0 Å². The smallest absolute Gasteiger partial charge is 0.00181 e. The highest BCUT2D eigenvalue weighted by Crippen LogP contribution is 2.45. The van der Waals surface area contributed by atoms with Crippen molar-refractivity contribution in [1.29, 1.82) is 0 Å². The Kier molecular flexibility index (Phi) is 4.25. The van der Waals surface area contributed by atoms with Gasteiger partial charge in [-0.1, -0.05) is 47.5 Å².